The van der Waals surface area contributed by atoms with Crippen LogP contribution in [0.1, 0.15) is 37.3 Å². The first kappa shape index (κ1) is 15.0. The molecule has 1 rings (SSSR count). The number of hydrogen-bond acceptors (Lipinski definition) is 2. The number of unbranched alkanes of at least 4 members (excludes halogenated alkanes) is 2. The van der Waals surface area contributed by atoms with Gasteiger partial charge >= 0.3 is 0 Å². The second-order valence-corrected chi connectivity index (χ2v) is 4.37. The van der Waals surface area contributed by atoms with Crippen molar-refractivity contribution in [1.29, 1.82) is 5.26 Å². The molecule has 0 spiro atoms. The molecule has 0 aromatic heterocycles. The van der Waals surface area contributed by atoms with Crippen molar-refractivity contribution in [2.45, 2.75) is 32.7 Å². The zero-order chi connectivity index (χ0) is 13.9. The molecule has 0 saturated carbocycles. The van der Waals surface area contributed by atoms with Gasteiger partial charge in [0, 0.05) is 20.1 Å². The van der Waals surface area contributed by atoms with E-state index < -0.39 is 0 Å². The van der Waals surface area contributed by atoms with E-state index in [4.69, 9.17) is 5.26 Å². The number of nitrogens with one attached hydrogen (secondary N) is 2. The van der Waals surface area contributed by atoms with Gasteiger partial charge in [-0.2, -0.15) is 5.26 Å². The molecule has 0 atom stereocenters. The highest BCUT2D eigenvalue weighted by Crippen LogP contribution is 2.03. The Labute approximate surface area is 115 Å². The number of rotatable bonds is 6. The van der Waals surface area contributed by atoms with Gasteiger partial charge in [0.15, 0.2) is 5.96 Å². The van der Waals surface area contributed by atoms with E-state index in [0.29, 0.717) is 12.1 Å². The molecule has 0 radical (unpaired) electrons. The summed E-state index contributed by atoms with van der Waals surface area (Å²) in [7, 11) is 1.76. The Bertz CT molecular complexity index is 446. The van der Waals surface area contributed by atoms with Crippen LogP contribution in [0.15, 0.2) is 29.3 Å². The van der Waals surface area contributed by atoms with Gasteiger partial charge in [-0.15, -0.1) is 0 Å². The van der Waals surface area contributed by atoms with Gasteiger partial charge in [-0.1, -0.05) is 31.9 Å². The molecular weight excluding hydrogens is 236 g/mol. The van der Waals surface area contributed by atoms with Crippen molar-refractivity contribution in [3.8, 4) is 6.07 Å². The molecule has 0 unspecified atom stereocenters. The molecule has 0 aliphatic heterocycles. The van der Waals surface area contributed by atoms with Crippen molar-refractivity contribution >= 4 is 5.96 Å². The molecule has 0 aliphatic carbocycles. The molecule has 2 N–H and O–H groups in total. The number of benzene rings is 1. The fraction of sp³-hybridized carbons (Fsp3) is 0.467. The first-order valence-corrected chi connectivity index (χ1v) is 6.73. The molecule has 4 heteroatoms. The summed E-state index contributed by atoms with van der Waals surface area (Å²) in [6, 6.07) is 9.73. The average molecular weight is 258 g/mol. The summed E-state index contributed by atoms with van der Waals surface area (Å²) in [5.74, 6) is 0.804. The summed E-state index contributed by atoms with van der Waals surface area (Å²) < 4.78 is 0. The molecule has 102 valence electrons. The van der Waals surface area contributed by atoms with Gasteiger partial charge in [0.25, 0.3) is 0 Å². The van der Waals surface area contributed by atoms with Crippen molar-refractivity contribution in [2.24, 2.45) is 4.99 Å². The summed E-state index contributed by atoms with van der Waals surface area (Å²) in [6.45, 7) is 3.80. The lowest BCUT2D eigenvalue weighted by atomic mass is 10.1. The molecule has 4 nitrogen and oxygen atoms in total. The first-order chi connectivity index (χ1) is 9.30. The highest BCUT2D eigenvalue weighted by molar-refractivity contribution is 5.79. The van der Waals surface area contributed by atoms with Gasteiger partial charge in [0.2, 0.25) is 0 Å². The van der Waals surface area contributed by atoms with Gasteiger partial charge in [0.1, 0.15) is 0 Å². The number of nitrogens with zero attached hydrogens (tertiary/aromatic N) is 2. The summed E-state index contributed by atoms with van der Waals surface area (Å²) in [5.41, 5.74) is 1.76. The van der Waals surface area contributed by atoms with Crippen LogP contribution in [0.25, 0.3) is 0 Å². The molecule has 0 aliphatic rings. The van der Waals surface area contributed by atoms with Crippen LogP contribution in [0.5, 0.6) is 0 Å². The number of hydrogen-bond donors (Lipinski definition) is 2. The predicted octanol–water partition coefficient (Wildman–Crippen LogP) is 2.41. The van der Waals surface area contributed by atoms with Crippen molar-refractivity contribution in [1.82, 2.24) is 10.6 Å². The van der Waals surface area contributed by atoms with Crippen LogP contribution in [-0.4, -0.2) is 19.6 Å². The Morgan fingerprint density at radius 1 is 1.32 bits per heavy atom. The lowest BCUT2D eigenvalue weighted by molar-refractivity contribution is 0.683. The quantitative estimate of drug-likeness (QED) is 0.468. The lowest BCUT2D eigenvalue weighted by Gasteiger charge is -2.11. The van der Waals surface area contributed by atoms with Crippen LogP contribution < -0.4 is 10.6 Å². The Morgan fingerprint density at radius 3 is 2.84 bits per heavy atom. The normalized spacial score (nSPS) is 10.9. The third-order valence-electron chi connectivity index (χ3n) is 2.81. The largest absolute Gasteiger partial charge is 0.356 e. The fourth-order valence-corrected chi connectivity index (χ4v) is 1.74. The monoisotopic (exact) mass is 258 g/mol. The maximum absolute atomic E-state index is 8.85. The lowest BCUT2D eigenvalue weighted by Crippen LogP contribution is -2.37. The molecule has 0 heterocycles. The van der Waals surface area contributed by atoms with Gasteiger partial charge in [-0.05, 0) is 24.1 Å². The highest BCUT2D eigenvalue weighted by atomic mass is 15.2. The standard InChI is InChI=1S/C15H22N4/c1-3-4-5-9-18-15(17-2)19-12-14-8-6-7-13(10-14)11-16/h6-8,10H,3-5,9,12H2,1-2H3,(H2,17,18,19). The second kappa shape index (κ2) is 8.98. The topological polar surface area (TPSA) is 60.2 Å². The van der Waals surface area contributed by atoms with E-state index in [9.17, 15) is 0 Å². The fourth-order valence-electron chi connectivity index (χ4n) is 1.74. The molecule has 1 aromatic rings. The maximum Gasteiger partial charge on any atom is 0.191 e. The van der Waals surface area contributed by atoms with Crippen molar-refractivity contribution in [3.63, 3.8) is 0 Å². The minimum Gasteiger partial charge on any atom is -0.356 e. The predicted molar refractivity (Wildman–Crippen MR) is 78.9 cm³/mol. The second-order valence-electron chi connectivity index (χ2n) is 4.37. The first-order valence-electron chi connectivity index (χ1n) is 6.73. The van der Waals surface area contributed by atoms with Gasteiger partial charge in [0.05, 0.1) is 11.6 Å². The van der Waals surface area contributed by atoms with E-state index in [-0.39, 0.29) is 0 Å². The number of guanidine groups is 1. The van der Waals surface area contributed by atoms with E-state index in [1.165, 1.54) is 12.8 Å². The molecule has 0 amide bonds. The Morgan fingerprint density at radius 2 is 2.16 bits per heavy atom. The third kappa shape index (κ3) is 5.91. The van der Waals surface area contributed by atoms with E-state index >= 15 is 0 Å². The van der Waals surface area contributed by atoms with Crippen LogP contribution in [-0.2, 0) is 6.54 Å². The Balaban J connectivity index is 2.38. The molecule has 0 saturated heterocycles. The molecule has 19 heavy (non-hydrogen) atoms. The zero-order valence-corrected chi connectivity index (χ0v) is 11.7. The van der Waals surface area contributed by atoms with Crippen molar-refractivity contribution in [2.75, 3.05) is 13.6 Å². The average Bonchev–Trinajstić information content (AvgIpc) is 2.47. The van der Waals surface area contributed by atoms with E-state index in [0.717, 1.165) is 24.5 Å². The summed E-state index contributed by atoms with van der Waals surface area (Å²) in [6.07, 6.45) is 3.60. The molecule has 1 aromatic carbocycles. The molecule has 0 fully saturated rings. The third-order valence-corrected chi connectivity index (χ3v) is 2.81. The highest BCUT2D eigenvalue weighted by Gasteiger charge is 1.98. The SMILES string of the molecule is CCCCCNC(=NC)NCc1cccc(C#N)c1. The van der Waals surface area contributed by atoms with Crippen LogP contribution in [0.4, 0.5) is 0 Å². The van der Waals surface area contributed by atoms with Gasteiger partial charge in [-0.3, -0.25) is 4.99 Å². The zero-order valence-electron chi connectivity index (χ0n) is 11.7. The summed E-state index contributed by atoms with van der Waals surface area (Å²) in [5, 5.41) is 15.4. The van der Waals surface area contributed by atoms with Gasteiger partial charge in [-0.25, -0.2) is 0 Å². The Kier molecular flexibility index (Phi) is 7.11. The van der Waals surface area contributed by atoms with Crippen LogP contribution in [0, 0.1) is 11.3 Å². The molecule has 0 bridgehead atoms. The summed E-state index contributed by atoms with van der Waals surface area (Å²) in [4.78, 5) is 4.17. The number of aliphatic imine (C=N–C) groups is 1. The Hall–Kier alpha value is -2.02. The van der Waals surface area contributed by atoms with Crippen molar-refractivity contribution < 1.29 is 0 Å². The maximum atomic E-state index is 8.85. The van der Waals surface area contributed by atoms with Crippen LogP contribution in [0.2, 0.25) is 0 Å². The number of nitriles is 1. The van der Waals surface area contributed by atoms with Gasteiger partial charge < -0.3 is 10.6 Å². The van der Waals surface area contributed by atoms with E-state index in [1.807, 2.05) is 18.2 Å². The van der Waals surface area contributed by atoms with Crippen molar-refractivity contribution in [3.05, 3.63) is 35.4 Å². The minimum absolute atomic E-state index is 0.670. The van der Waals surface area contributed by atoms with E-state index in [2.05, 4.69) is 28.6 Å². The summed E-state index contributed by atoms with van der Waals surface area (Å²) >= 11 is 0. The van der Waals surface area contributed by atoms with Crippen LogP contribution >= 0.6 is 0 Å². The smallest absolute Gasteiger partial charge is 0.191 e. The van der Waals surface area contributed by atoms with Crippen LogP contribution in [0.3, 0.4) is 0 Å². The van der Waals surface area contributed by atoms with E-state index in [1.54, 1.807) is 13.1 Å². The minimum atomic E-state index is 0.670. The molecular formula is C15H22N4.